The van der Waals surface area contributed by atoms with E-state index < -0.39 is 7.60 Å². The summed E-state index contributed by atoms with van der Waals surface area (Å²) in [6.45, 7) is 4.51. The van der Waals surface area contributed by atoms with E-state index in [1.54, 1.807) is 5.82 Å². The summed E-state index contributed by atoms with van der Waals surface area (Å²) in [4.78, 5) is 0. The highest BCUT2D eigenvalue weighted by molar-refractivity contribution is 7.57. The third-order valence-electron chi connectivity index (χ3n) is 3.10. The third kappa shape index (κ3) is 5.85. The molecule has 0 amide bonds. The third-order valence-corrected chi connectivity index (χ3v) is 4.91. The van der Waals surface area contributed by atoms with Crippen LogP contribution in [0.2, 0.25) is 0 Å². The lowest BCUT2D eigenvalue weighted by molar-refractivity contribution is 0.228. The molecule has 0 spiro atoms. The number of hydrogen-bond donors (Lipinski definition) is 0. The molecule has 0 radical (unpaired) electrons. The predicted molar refractivity (Wildman–Crippen MR) is 71.2 cm³/mol. The van der Waals surface area contributed by atoms with Gasteiger partial charge in [-0.25, -0.2) is 0 Å². The van der Waals surface area contributed by atoms with Crippen LogP contribution in [0.4, 0.5) is 0 Å². The Morgan fingerprint density at radius 2 is 1.71 bits per heavy atom. The molecular formula is C13H25O3P. The molecule has 0 unspecified atom stereocenters. The highest BCUT2D eigenvalue weighted by Crippen LogP contribution is 2.49. The van der Waals surface area contributed by atoms with Crippen molar-refractivity contribution in [2.24, 2.45) is 5.92 Å². The summed E-state index contributed by atoms with van der Waals surface area (Å²) in [6, 6.07) is 0. The highest BCUT2D eigenvalue weighted by atomic mass is 31.2. The second-order valence-corrected chi connectivity index (χ2v) is 6.39. The minimum atomic E-state index is -2.97. The van der Waals surface area contributed by atoms with Gasteiger partial charge in [0.1, 0.15) is 0 Å². The first kappa shape index (κ1) is 14.9. The quantitative estimate of drug-likeness (QED) is 0.620. The molecule has 1 fully saturated rings. The lowest BCUT2D eigenvalue weighted by Crippen LogP contribution is -2.04. The average molecular weight is 260 g/mol. The summed E-state index contributed by atoms with van der Waals surface area (Å²) in [7, 11) is -2.97. The maximum atomic E-state index is 12.1. The fraction of sp³-hybridized carbons (Fsp3) is 0.846. The normalized spacial score (nSPS) is 18.9. The molecule has 0 bridgehead atoms. The topological polar surface area (TPSA) is 35.5 Å². The SMILES string of the molecule is CCOP(=O)(/C=C/CC1CCCCC1)OCC. The van der Waals surface area contributed by atoms with Crippen molar-refractivity contribution in [2.75, 3.05) is 13.2 Å². The van der Waals surface area contributed by atoms with Crippen molar-refractivity contribution in [3.05, 3.63) is 11.9 Å². The molecule has 0 aliphatic heterocycles. The van der Waals surface area contributed by atoms with Gasteiger partial charge in [-0.15, -0.1) is 0 Å². The lowest BCUT2D eigenvalue weighted by Gasteiger charge is -2.20. The maximum absolute atomic E-state index is 12.1. The number of allylic oxidation sites excluding steroid dienone is 1. The Balaban J connectivity index is 2.40. The van der Waals surface area contributed by atoms with Gasteiger partial charge in [0, 0.05) is 5.82 Å². The molecule has 4 heteroatoms. The van der Waals surface area contributed by atoms with Gasteiger partial charge in [0.2, 0.25) is 0 Å². The van der Waals surface area contributed by atoms with Crippen LogP contribution >= 0.6 is 7.60 Å². The predicted octanol–water partition coefficient (Wildman–Crippen LogP) is 4.74. The van der Waals surface area contributed by atoms with E-state index in [0.29, 0.717) is 13.2 Å². The van der Waals surface area contributed by atoms with Crippen molar-refractivity contribution < 1.29 is 13.6 Å². The Morgan fingerprint density at radius 3 is 2.24 bits per heavy atom. The monoisotopic (exact) mass is 260 g/mol. The average Bonchev–Trinajstić information content (AvgIpc) is 2.31. The second kappa shape index (κ2) is 8.07. The molecule has 0 N–H and O–H groups in total. The molecule has 1 saturated carbocycles. The molecule has 0 saturated heterocycles. The zero-order valence-corrected chi connectivity index (χ0v) is 12.0. The summed E-state index contributed by atoms with van der Waals surface area (Å²) in [6.07, 6.45) is 9.65. The van der Waals surface area contributed by atoms with Crippen LogP contribution in [0.3, 0.4) is 0 Å². The van der Waals surface area contributed by atoms with E-state index in [0.717, 1.165) is 12.3 Å². The van der Waals surface area contributed by atoms with Crippen LogP contribution < -0.4 is 0 Å². The van der Waals surface area contributed by atoms with E-state index in [2.05, 4.69) is 0 Å². The largest absolute Gasteiger partial charge is 0.353 e. The van der Waals surface area contributed by atoms with Gasteiger partial charge in [0.05, 0.1) is 13.2 Å². The zero-order chi connectivity index (χ0) is 12.6. The van der Waals surface area contributed by atoms with Crippen molar-refractivity contribution in [1.82, 2.24) is 0 Å². The Morgan fingerprint density at radius 1 is 1.12 bits per heavy atom. The van der Waals surface area contributed by atoms with Crippen LogP contribution in [0.25, 0.3) is 0 Å². The van der Waals surface area contributed by atoms with Crippen molar-refractivity contribution in [3.8, 4) is 0 Å². The minimum absolute atomic E-state index is 0.422. The molecule has 1 aliphatic rings. The van der Waals surface area contributed by atoms with Crippen molar-refractivity contribution >= 4 is 7.60 Å². The van der Waals surface area contributed by atoms with Crippen molar-refractivity contribution in [1.29, 1.82) is 0 Å². The van der Waals surface area contributed by atoms with Crippen molar-refractivity contribution in [3.63, 3.8) is 0 Å². The van der Waals surface area contributed by atoms with E-state index in [-0.39, 0.29) is 0 Å². The highest BCUT2D eigenvalue weighted by Gasteiger charge is 2.19. The van der Waals surface area contributed by atoms with Crippen molar-refractivity contribution in [2.45, 2.75) is 52.4 Å². The van der Waals surface area contributed by atoms with Crippen LogP contribution in [0.5, 0.6) is 0 Å². The second-order valence-electron chi connectivity index (χ2n) is 4.50. The maximum Gasteiger partial charge on any atom is 0.353 e. The Bertz CT molecular complexity index is 260. The van der Waals surface area contributed by atoms with Gasteiger partial charge in [-0.3, -0.25) is 4.57 Å². The van der Waals surface area contributed by atoms with Gasteiger partial charge in [0.15, 0.2) is 0 Å². The minimum Gasteiger partial charge on any atom is -0.306 e. The van der Waals surface area contributed by atoms with Crippen LogP contribution in [-0.2, 0) is 13.6 Å². The molecule has 3 nitrogen and oxygen atoms in total. The number of rotatable bonds is 7. The molecule has 0 aromatic carbocycles. The van der Waals surface area contributed by atoms with Gasteiger partial charge in [0.25, 0.3) is 0 Å². The summed E-state index contributed by atoms with van der Waals surface area (Å²) < 4.78 is 22.5. The first-order valence-corrected chi connectivity index (χ1v) is 8.38. The Labute approximate surface area is 105 Å². The summed E-state index contributed by atoms with van der Waals surface area (Å²) >= 11 is 0. The number of hydrogen-bond acceptors (Lipinski definition) is 3. The van der Waals surface area contributed by atoms with Crippen LogP contribution in [-0.4, -0.2) is 13.2 Å². The molecule has 0 aromatic rings. The van der Waals surface area contributed by atoms with Crippen LogP contribution in [0.15, 0.2) is 11.9 Å². The summed E-state index contributed by atoms with van der Waals surface area (Å²) in [5.41, 5.74) is 0. The zero-order valence-electron chi connectivity index (χ0n) is 11.1. The molecule has 1 aliphatic carbocycles. The fourth-order valence-corrected chi connectivity index (χ4v) is 3.63. The van der Waals surface area contributed by atoms with Gasteiger partial charge in [-0.2, -0.15) is 0 Å². The summed E-state index contributed by atoms with van der Waals surface area (Å²) in [5.74, 6) is 2.41. The van der Waals surface area contributed by atoms with E-state index in [1.165, 1.54) is 32.1 Å². The molecule has 1 rings (SSSR count). The van der Waals surface area contributed by atoms with E-state index in [4.69, 9.17) is 9.05 Å². The Hall–Kier alpha value is -0.110. The summed E-state index contributed by atoms with van der Waals surface area (Å²) in [5, 5.41) is 0. The van der Waals surface area contributed by atoms with E-state index >= 15 is 0 Å². The molecule has 0 aromatic heterocycles. The standard InChI is InChI=1S/C13H25O3P/c1-3-15-17(14,16-4-2)12-8-11-13-9-6-5-7-10-13/h8,12-13H,3-7,9-11H2,1-2H3/b12-8+. The van der Waals surface area contributed by atoms with Gasteiger partial charge in [-0.1, -0.05) is 38.2 Å². The van der Waals surface area contributed by atoms with Crippen LogP contribution in [0, 0.1) is 5.92 Å². The van der Waals surface area contributed by atoms with E-state index in [9.17, 15) is 4.57 Å². The Kier molecular flexibility index (Phi) is 7.10. The van der Waals surface area contributed by atoms with E-state index in [1.807, 2.05) is 19.9 Å². The van der Waals surface area contributed by atoms with Gasteiger partial charge < -0.3 is 9.05 Å². The molecule has 100 valence electrons. The first-order chi connectivity index (χ1) is 8.20. The van der Waals surface area contributed by atoms with Gasteiger partial charge >= 0.3 is 7.60 Å². The molecule has 0 atom stereocenters. The van der Waals surface area contributed by atoms with Crippen LogP contribution in [0.1, 0.15) is 52.4 Å². The lowest BCUT2D eigenvalue weighted by atomic mass is 9.87. The molecule has 0 heterocycles. The first-order valence-electron chi connectivity index (χ1n) is 6.76. The molecular weight excluding hydrogens is 235 g/mol. The smallest absolute Gasteiger partial charge is 0.306 e. The fourth-order valence-electron chi connectivity index (χ4n) is 2.29. The molecule has 17 heavy (non-hydrogen) atoms. The van der Waals surface area contributed by atoms with Gasteiger partial charge in [-0.05, 0) is 26.2 Å².